The van der Waals surface area contributed by atoms with Gasteiger partial charge in [-0.2, -0.15) is 0 Å². The molecule has 0 spiro atoms. The van der Waals surface area contributed by atoms with Crippen LogP contribution in [-0.4, -0.2) is 22.6 Å². The molecule has 0 aromatic carbocycles. The molecule has 4 heteroatoms. The van der Waals surface area contributed by atoms with Gasteiger partial charge in [-0.1, -0.05) is 6.08 Å². The average molecular weight is 212 g/mol. The van der Waals surface area contributed by atoms with Gasteiger partial charge in [-0.15, -0.1) is 0 Å². The molecule has 1 saturated carbocycles. The summed E-state index contributed by atoms with van der Waals surface area (Å²) in [6.07, 6.45) is 3.85. The van der Waals surface area contributed by atoms with Gasteiger partial charge in [0.15, 0.2) is 0 Å². The largest absolute Gasteiger partial charge is 0.481 e. The van der Waals surface area contributed by atoms with Crippen molar-refractivity contribution in [1.82, 2.24) is 0 Å². The third-order valence-corrected chi connectivity index (χ3v) is 2.16. The Kier molecular flexibility index (Phi) is 2.88. The molecule has 0 unspecified atom stereocenters. The number of rotatable bonds is 3. The zero-order valence-electron chi connectivity index (χ0n) is 9.24. The summed E-state index contributed by atoms with van der Waals surface area (Å²) >= 11 is 0. The van der Waals surface area contributed by atoms with Crippen LogP contribution in [-0.2, 0) is 14.3 Å². The van der Waals surface area contributed by atoms with Crippen molar-refractivity contribution in [2.24, 2.45) is 5.41 Å². The molecule has 1 aliphatic carbocycles. The van der Waals surface area contributed by atoms with E-state index in [0.29, 0.717) is 12.8 Å². The molecule has 0 aromatic rings. The minimum Gasteiger partial charge on any atom is -0.481 e. The van der Waals surface area contributed by atoms with Crippen LogP contribution in [0.4, 0.5) is 0 Å². The van der Waals surface area contributed by atoms with E-state index in [2.05, 4.69) is 0 Å². The predicted octanol–water partition coefficient (Wildman–Crippen LogP) is 1.75. The maximum Gasteiger partial charge on any atom is 0.330 e. The Morgan fingerprint density at radius 2 is 1.87 bits per heavy atom. The van der Waals surface area contributed by atoms with E-state index < -0.39 is 23.0 Å². The number of carboxylic acid groups (broad SMARTS) is 1. The third-order valence-electron chi connectivity index (χ3n) is 2.16. The smallest absolute Gasteiger partial charge is 0.330 e. The van der Waals surface area contributed by atoms with Crippen LogP contribution in [0, 0.1) is 5.41 Å². The highest BCUT2D eigenvalue weighted by Gasteiger charge is 2.48. The summed E-state index contributed by atoms with van der Waals surface area (Å²) in [7, 11) is 0. The van der Waals surface area contributed by atoms with Crippen LogP contribution < -0.4 is 0 Å². The van der Waals surface area contributed by atoms with E-state index >= 15 is 0 Å². The van der Waals surface area contributed by atoms with Crippen LogP contribution in [0.2, 0.25) is 0 Å². The highest BCUT2D eigenvalue weighted by Crippen LogP contribution is 2.47. The van der Waals surface area contributed by atoms with E-state index in [1.807, 2.05) is 0 Å². The molecule has 1 N–H and O–H groups in total. The van der Waals surface area contributed by atoms with Crippen molar-refractivity contribution in [3.8, 4) is 0 Å². The Labute approximate surface area is 88.9 Å². The van der Waals surface area contributed by atoms with Crippen LogP contribution in [0.5, 0.6) is 0 Å². The predicted molar refractivity (Wildman–Crippen MR) is 54.3 cm³/mol. The van der Waals surface area contributed by atoms with E-state index in [1.54, 1.807) is 20.8 Å². The number of carbonyl (C=O) groups is 2. The van der Waals surface area contributed by atoms with Gasteiger partial charge in [0.1, 0.15) is 5.60 Å². The molecule has 0 radical (unpaired) electrons. The van der Waals surface area contributed by atoms with Gasteiger partial charge in [-0.25, -0.2) is 4.79 Å². The van der Waals surface area contributed by atoms with Gasteiger partial charge in [0.25, 0.3) is 0 Å². The first-order valence-corrected chi connectivity index (χ1v) is 4.91. The van der Waals surface area contributed by atoms with Crippen LogP contribution >= 0.6 is 0 Å². The fourth-order valence-corrected chi connectivity index (χ4v) is 1.15. The summed E-state index contributed by atoms with van der Waals surface area (Å²) in [5, 5.41) is 8.85. The Hall–Kier alpha value is -1.32. The highest BCUT2D eigenvalue weighted by molar-refractivity contribution is 5.86. The summed E-state index contributed by atoms with van der Waals surface area (Å²) in [6.45, 7) is 5.30. The van der Waals surface area contributed by atoms with E-state index in [-0.39, 0.29) is 0 Å². The lowest BCUT2D eigenvalue weighted by molar-refractivity contribution is -0.148. The first-order chi connectivity index (χ1) is 6.75. The molecule has 0 aromatic heterocycles. The minimum atomic E-state index is -0.873. The first kappa shape index (κ1) is 11.8. The molecular formula is C11H16O4. The summed E-state index contributed by atoms with van der Waals surface area (Å²) in [5.41, 5.74) is -1.35. The Morgan fingerprint density at radius 1 is 1.33 bits per heavy atom. The summed E-state index contributed by atoms with van der Waals surface area (Å²) in [5.74, 6) is -1.36. The van der Waals surface area contributed by atoms with E-state index in [0.717, 1.165) is 0 Å². The fraction of sp³-hybridized carbons (Fsp3) is 0.636. The first-order valence-electron chi connectivity index (χ1n) is 4.91. The molecular weight excluding hydrogens is 196 g/mol. The van der Waals surface area contributed by atoms with Crippen molar-refractivity contribution in [1.29, 1.82) is 0 Å². The van der Waals surface area contributed by atoms with E-state index in [4.69, 9.17) is 9.84 Å². The van der Waals surface area contributed by atoms with Crippen molar-refractivity contribution < 1.29 is 19.4 Å². The van der Waals surface area contributed by atoms with Gasteiger partial charge in [0.2, 0.25) is 0 Å². The number of carboxylic acids is 1. The van der Waals surface area contributed by atoms with Gasteiger partial charge < -0.3 is 9.84 Å². The SMILES string of the molecule is CC(C)(C)OC(=O)C=CC1(C(=O)O)CC1. The number of aliphatic carboxylic acids is 1. The van der Waals surface area contributed by atoms with Gasteiger partial charge in [-0.3, -0.25) is 4.79 Å². The Morgan fingerprint density at radius 3 is 2.20 bits per heavy atom. The molecule has 0 bridgehead atoms. The summed E-state index contributed by atoms with van der Waals surface area (Å²) in [4.78, 5) is 22.0. The molecule has 0 aliphatic heterocycles. The van der Waals surface area contributed by atoms with Gasteiger partial charge in [0, 0.05) is 6.08 Å². The number of hydrogen-bond acceptors (Lipinski definition) is 3. The van der Waals surface area contributed by atoms with E-state index in [9.17, 15) is 9.59 Å². The second-order valence-electron chi connectivity index (χ2n) is 4.83. The number of carbonyl (C=O) groups excluding carboxylic acids is 1. The van der Waals surface area contributed by atoms with Crippen LogP contribution in [0.3, 0.4) is 0 Å². The number of hydrogen-bond donors (Lipinski definition) is 1. The molecule has 1 aliphatic rings. The molecule has 0 saturated heterocycles. The fourth-order valence-electron chi connectivity index (χ4n) is 1.15. The van der Waals surface area contributed by atoms with Crippen molar-refractivity contribution in [3.05, 3.63) is 12.2 Å². The lowest BCUT2D eigenvalue weighted by Gasteiger charge is -2.18. The molecule has 1 fully saturated rings. The third kappa shape index (κ3) is 3.38. The van der Waals surface area contributed by atoms with Crippen molar-refractivity contribution >= 4 is 11.9 Å². The van der Waals surface area contributed by atoms with Crippen LogP contribution in [0.15, 0.2) is 12.2 Å². The number of esters is 1. The molecule has 15 heavy (non-hydrogen) atoms. The van der Waals surface area contributed by atoms with Crippen molar-refractivity contribution in [2.45, 2.75) is 39.2 Å². The molecule has 0 amide bonds. The van der Waals surface area contributed by atoms with Crippen LogP contribution in [0.25, 0.3) is 0 Å². The minimum absolute atomic E-state index is 0.491. The zero-order valence-corrected chi connectivity index (χ0v) is 9.24. The lowest BCUT2D eigenvalue weighted by Crippen LogP contribution is -2.23. The lowest BCUT2D eigenvalue weighted by atomic mass is 10.1. The summed E-state index contributed by atoms with van der Waals surface area (Å²) < 4.78 is 5.02. The topological polar surface area (TPSA) is 63.6 Å². The van der Waals surface area contributed by atoms with Crippen molar-refractivity contribution in [2.75, 3.05) is 0 Å². The zero-order chi connectivity index (χ0) is 11.7. The van der Waals surface area contributed by atoms with E-state index in [1.165, 1.54) is 12.2 Å². The van der Waals surface area contributed by atoms with Crippen LogP contribution in [0.1, 0.15) is 33.6 Å². The average Bonchev–Trinajstić information content (AvgIpc) is 2.77. The Bertz CT molecular complexity index is 305. The molecule has 1 rings (SSSR count). The highest BCUT2D eigenvalue weighted by atomic mass is 16.6. The second-order valence-corrected chi connectivity index (χ2v) is 4.83. The normalized spacial score (nSPS) is 18.9. The standard InChI is InChI=1S/C11H16O4/c1-10(2,3)15-8(12)4-5-11(6-7-11)9(13)14/h4-5H,6-7H2,1-3H3,(H,13,14). The van der Waals surface area contributed by atoms with Crippen molar-refractivity contribution in [3.63, 3.8) is 0 Å². The Balaban J connectivity index is 2.52. The monoisotopic (exact) mass is 212 g/mol. The van der Waals surface area contributed by atoms with Gasteiger partial charge >= 0.3 is 11.9 Å². The van der Waals surface area contributed by atoms with Gasteiger partial charge in [-0.05, 0) is 33.6 Å². The molecule has 84 valence electrons. The molecule has 0 heterocycles. The quantitative estimate of drug-likeness (QED) is 0.571. The maximum atomic E-state index is 11.3. The number of ether oxygens (including phenoxy) is 1. The maximum absolute atomic E-state index is 11.3. The second kappa shape index (κ2) is 3.68. The summed E-state index contributed by atoms with van der Waals surface area (Å²) in [6, 6.07) is 0. The van der Waals surface area contributed by atoms with Gasteiger partial charge in [0.05, 0.1) is 5.41 Å². The molecule has 4 nitrogen and oxygen atoms in total. The molecule has 0 atom stereocenters.